The molecule has 0 saturated heterocycles. The van der Waals surface area contributed by atoms with Gasteiger partial charge in [-0.05, 0) is 39.7 Å². The van der Waals surface area contributed by atoms with Crippen molar-refractivity contribution in [2.24, 2.45) is 0 Å². The minimum atomic E-state index is -0.112. The Morgan fingerprint density at radius 3 is 2.60 bits per heavy atom. The lowest BCUT2D eigenvalue weighted by Gasteiger charge is -2.27. The molecule has 1 N–H and O–H groups in total. The molecular weight excluding hydrogens is 396 g/mol. The van der Waals surface area contributed by atoms with Gasteiger partial charge in [-0.1, -0.05) is 26.8 Å². The monoisotopic (exact) mass is 428 g/mol. The second-order valence-electron chi connectivity index (χ2n) is 9.16. The molecule has 0 saturated carbocycles. The Labute approximate surface area is 183 Å². The first kappa shape index (κ1) is 22.3. The first-order valence-corrected chi connectivity index (χ1v) is 11.3. The molecule has 7 heteroatoms. The number of amides is 2. The van der Waals surface area contributed by atoms with Crippen molar-refractivity contribution < 1.29 is 9.59 Å². The van der Waals surface area contributed by atoms with Crippen molar-refractivity contribution >= 4 is 29.0 Å². The number of hydrogen-bond acceptors (Lipinski definition) is 4. The second-order valence-corrected chi connectivity index (χ2v) is 10.1. The third-order valence-electron chi connectivity index (χ3n) is 5.48. The summed E-state index contributed by atoms with van der Waals surface area (Å²) in [5.74, 6) is 0.675. The average Bonchev–Trinajstić information content (AvgIpc) is 3.30. The van der Waals surface area contributed by atoms with E-state index in [1.807, 2.05) is 41.0 Å². The molecule has 1 aliphatic rings. The predicted octanol–water partition coefficient (Wildman–Crippen LogP) is 4.93. The Hall–Kier alpha value is -2.41. The van der Waals surface area contributed by atoms with Gasteiger partial charge in [0.25, 0.3) is 5.91 Å². The summed E-state index contributed by atoms with van der Waals surface area (Å²) in [4.78, 5) is 28.5. The fourth-order valence-corrected chi connectivity index (χ4v) is 4.59. The van der Waals surface area contributed by atoms with Crippen LogP contribution in [0.25, 0.3) is 0 Å². The van der Waals surface area contributed by atoms with Crippen LogP contribution in [0.5, 0.6) is 0 Å². The fourth-order valence-electron chi connectivity index (χ4n) is 3.50. The van der Waals surface area contributed by atoms with E-state index in [-0.39, 0.29) is 23.3 Å². The maximum Gasteiger partial charge on any atom is 0.257 e. The van der Waals surface area contributed by atoms with E-state index in [9.17, 15) is 9.59 Å². The van der Waals surface area contributed by atoms with Crippen LogP contribution in [0.15, 0.2) is 23.1 Å². The molecule has 0 atom stereocenters. The van der Waals surface area contributed by atoms with Gasteiger partial charge in [-0.2, -0.15) is 5.10 Å². The minimum Gasteiger partial charge on any atom is -0.333 e. The molecule has 3 rings (SSSR count). The number of fused-ring (bicyclic) bond motifs is 1. The molecule has 162 valence electrons. The third kappa shape index (κ3) is 4.36. The van der Waals surface area contributed by atoms with E-state index in [0.717, 1.165) is 27.5 Å². The highest BCUT2D eigenvalue weighted by Crippen LogP contribution is 2.31. The zero-order chi connectivity index (χ0) is 22.2. The number of anilines is 1. The van der Waals surface area contributed by atoms with E-state index < -0.39 is 0 Å². The first-order valence-electron chi connectivity index (χ1n) is 10.5. The van der Waals surface area contributed by atoms with Crippen LogP contribution in [0, 0.1) is 0 Å². The van der Waals surface area contributed by atoms with Gasteiger partial charge in [0.05, 0.1) is 17.8 Å². The van der Waals surface area contributed by atoms with Crippen LogP contribution in [0.2, 0.25) is 0 Å². The predicted molar refractivity (Wildman–Crippen MR) is 122 cm³/mol. The number of hydrogen-bond donors (Lipinski definition) is 1. The summed E-state index contributed by atoms with van der Waals surface area (Å²) < 4.78 is 1.87. The molecule has 2 aromatic heterocycles. The van der Waals surface area contributed by atoms with Gasteiger partial charge >= 0.3 is 0 Å². The number of carbonyl (C=O) groups is 2. The lowest BCUT2D eigenvalue weighted by atomic mass is 9.92. The van der Waals surface area contributed by atoms with Gasteiger partial charge in [0.15, 0.2) is 0 Å². The smallest absolute Gasteiger partial charge is 0.257 e. The molecule has 0 radical (unpaired) electrons. The molecule has 3 heterocycles. The minimum absolute atomic E-state index is 0.0677. The Morgan fingerprint density at radius 1 is 1.30 bits per heavy atom. The Bertz CT molecular complexity index is 992. The number of nitrogens with zero attached hydrogens (tertiary/aromatic N) is 3. The van der Waals surface area contributed by atoms with Crippen LogP contribution >= 0.6 is 11.3 Å². The summed E-state index contributed by atoms with van der Waals surface area (Å²) >= 11 is 1.55. The van der Waals surface area contributed by atoms with E-state index in [4.69, 9.17) is 5.10 Å². The molecule has 30 heavy (non-hydrogen) atoms. The number of thiophene rings is 1. The molecule has 0 bridgehead atoms. The molecule has 0 spiro atoms. The van der Waals surface area contributed by atoms with Gasteiger partial charge < -0.3 is 10.2 Å². The summed E-state index contributed by atoms with van der Waals surface area (Å²) in [5.41, 5.74) is 3.38. The van der Waals surface area contributed by atoms with Crippen molar-refractivity contribution in [3.63, 3.8) is 0 Å². The van der Waals surface area contributed by atoms with Crippen LogP contribution in [-0.2, 0) is 23.2 Å². The van der Waals surface area contributed by atoms with E-state index in [1.54, 1.807) is 11.3 Å². The summed E-state index contributed by atoms with van der Waals surface area (Å²) in [7, 11) is 0. The average molecular weight is 429 g/mol. The zero-order valence-electron chi connectivity index (χ0n) is 19.0. The van der Waals surface area contributed by atoms with Crippen molar-refractivity contribution in [1.82, 2.24) is 14.7 Å². The summed E-state index contributed by atoms with van der Waals surface area (Å²) in [5, 5.41) is 9.70. The van der Waals surface area contributed by atoms with E-state index >= 15 is 0 Å². The Balaban J connectivity index is 1.82. The fraction of sp³-hybridized carbons (Fsp3) is 0.522. The Kier molecular flexibility index (Phi) is 6.22. The van der Waals surface area contributed by atoms with Crippen molar-refractivity contribution in [3.8, 4) is 0 Å². The van der Waals surface area contributed by atoms with Gasteiger partial charge in [-0.25, -0.2) is 4.68 Å². The normalized spacial score (nSPS) is 14.8. The van der Waals surface area contributed by atoms with Crippen LogP contribution in [0.4, 0.5) is 5.82 Å². The molecule has 2 aromatic rings. The van der Waals surface area contributed by atoms with Crippen molar-refractivity contribution in [2.45, 2.75) is 72.9 Å². The lowest BCUT2D eigenvalue weighted by Crippen LogP contribution is -2.36. The molecule has 0 fully saturated rings. The summed E-state index contributed by atoms with van der Waals surface area (Å²) in [6.45, 7) is 15.4. The molecule has 0 aromatic carbocycles. The summed E-state index contributed by atoms with van der Waals surface area (Å²) in [6.07, 6.45) is 2.54. The molecule has 0 aliphatic carbocycles. The van der Waals surface area contributed by atoms with Crippen molar-refractivity contribution in [2.75, 3.05) is 11.9 Å². The SMILES string of the molecule is C/C=C(\C)C(=O)N1CCc2c(C(=O)Nc3cc(C(C)(C)C)nn3C(C)C)csc2C1. The van der Waals surface area contributed by atoms with Crippen LogP contribution in [-0.4, -0.2) is 33.0 Å². The number of allylic oxidation sites excluding steroid dienone is 1. The van der Waals surface area contributed by atoms with Crippen LogP contribution < -0.4 is 5.32 Å². The Morgan fingerprint density at radius 2 is 2.00 bits per heavy atom. The lowest BCUT2D eigenvalue weighted by molar-refractivity contribution is -0.127. The quantitative estimate of drug-likeness (QED) is 0.703. The van der Waals surface area contributed by atoms with Gasteiger partial charge in [-0.15, -0.1) is 11.3 Å². The van der Waals surface area contributed by atoms with E-state index in [2.05, 4.69) is 39.9 Å². The standard InChI is InChI=1S/C23H32N4O2S/c1-8-15(4)22(29)26-10-9-16-17(13-30-18(16)12-26)21(28)24-20-11-19(23(5,6)7)25-27(20)14(2)3/h8,11,13-14H,9-10,12H2,1-7H3,(H,24,28)/b15-8+. The van der Waals surface area contributed by atoms with Gasteiger partial charge in [-0.3, -0.25) is 9.59 Å². The molecular formula is C23H32N4O2S. The highest BCUT2D eigenvalue weighted by atomic mass is 32.1. The van der Waals surface area contributed by atoms with Crippen molar-refractivity contribution in [3.05, 3.63) is 44.8 Å². The zero-order valence-corrected chi connectivity index (χ0v) is 19.8. The molecule has 2 amide bonds. The van der Waals surface area contributed by atoms with E-state index in [1.165, 1.54) is 0 Å². The second kappa shape index (κ2) is 8.38. The highest BCUT2D eigenvalue weighted by Gasteiger charge is 2.28. The van der Waals surface area contributed by atoms with Gasteiger partial charge in [0.2, 0.25) is 5.91 Å². The van der Waals surface area contributed by atoms with Gasteiger partial charge in [0.1, 0.15) is 5.82 Å². The number of nitrogens with one attached hydrogen (secondary N) is 1. The summed E-state index contributed by atoms with van der Waals surface area (Å²) in [6, 6.07) is 2.11. The van der Waals surface area contributed by atoms with Crippen LogP contribution in [0.1, 0.15) is 81.0 Å². The maximum atomic E-state index is 13.1. The maximum absolute atomic E-state index is 13.1. The van der Waals surface area contributed by atoms with E-state index in [0.29, 0.717) is 25.1 Å². The first-order chi connectivity index (χ1) is 14.0. The number of rotatable bonds is 4. The largest absolute Gasteiger partial charge is 0.333 e. The van der Waals surface area contributed by atoms with Gasteiger partial charge in [0, 0.05) is 39.9 Å². The molecule has 6 nitrogen and oxygen atoms in total. The van der Waals surface area contributed by atoms with Crippen LogP contribution in [0.3, 0.4) is 0 Å². The number of aromatic nitrogens is 2. The highest BCUT2D eigenvalue weighted by molar-refractivity contribution is 7.10. The molecule has 0 unspecified atom stereocenters. The van der Waals surface area contributed by atoms with Crippen molar-refractivity contribution in [1.29, 1.82) is 0 Å². The third-order valence-corrected chi connectivity index (χ3v) is 6.50. The molecule has 1 aliphatic heterocycles. The topological polar surface area (TPSA) is 67.2 Å². The number of carbonyl (C=O) groups excluding carboxylic acids is 2.